The Labute approximate surface area is 108 Å². The van der Waals surface area contributed by atoms with Crippen LogP contribution in [0.4, 0.5) is 5.69 Å². The average molecular weight is 248 g/mol. The van der Waals surface area contributed by atoms with E-state index in [-0.39, 0.29) is 5.91 Å². The van der Waals surface area contributed by atoms with Gasteiger partial charge in [0.25, 0.3) is 5.91 Å². The van der Waals surface area contributed by atoms with Crippen LogP contribution in [0.5, 0.6) is 5.75 Å². The molecular weight excluding hydrogens is 228 g/mol. The van der Waals surface area contributed by atoms with Gasteiger partial charge in [0.15, 0.2) is 0 Å². The average Bonchev–Trinajstić information content (AvgIpc) is 2.94. The van der Waals surface area contributed by atoms with Crippen LogP contribution in [0.25, 0.3) is 0 Å². The van der Waals surface area contributed by atoms with Crippen LogP contribution in [0.2, 0.25) is 0 Å². The Bertz CT molecular complexity index is 469. The normalized spacial score (nSPS) is 20.3. The number of hydrogen-bond donors (Lipinski definition) is 2. The number of methoxy groups -OCH3 is 1. The molecule has 0 aromatic heterocycles. The topological polar surface area (TPSA) is 64.3 Å². The van der Waals surface area contributed by atoms with E-state index in [9.17, 15) is 4.79 Å². The maximum Gasteiger partial charge on any atom is 0.255 e. The van der Waals surface area contributed by atoms with Crippen molar-refractivity contribution in [2.45, 2.75) is 20.3 Å². The Balaban J connectivity index is 2.00. The third-order valence-corrected chi connectivity index (χ3v) is 3.70. The predicted molar refractivity (Wildman–Crippen MR) is 71.6 cm³/mol. The second-order valence-corrected chi connectivity index (χ2v) is 5.56. The lowest BCUT2D eigenvalue weighted by Gasteiger charge is -2.10. The number of nitrogen functional groups attached to an aromatic ring is 1. The van der Waals surface area contributed by atoms with Crippen LogP contribution in [-0.4, -0.2) is 19.6 Å². The summed E-state index contributed by atoms with van der Waals surface area (Å²) >= 11 is 0. The molecule has 0 aliphatic heterocycles. The second-order valence-electron chi connectivity index (χ2n) is 5.56. The van der Waals surface area contributed by atoms with E-state index in [0.29, 0.717) is 28.3 Å². The van der Waals surface area contributed by atoms with E-state index in [1.54, 1.807) is 18.2 Å². The highest BCUT2D eigenvalue weighted by Crippen LogP contribution is 2.51. The van der Waals surface area contributed by atoms with Gasteiger partial charge in [0, 0.05) is 18.3 Å². The summed E-state index contributed by atoms with van der Waals surface area (Å²) in [6, 6.07) is 5.07. The van der Waals surface area contributed by atoms with Crippen molar-refractivity contribution in [2.24, 2.45) is 11.3 Å². The highest BCUT2D eigenvalue weighted by atomic mass is 16.5. The van der Waals surface area contributed by atoms with Crippen molar-refractivity contribution in [3.8, 4) is 5.75 Å². The Kier molecular flexibility index (Phi) is 3.20. The largest absolute Gasteiger partial charge is 0.496 e. The van der Waals surface area contributed by atoms with Crippen LogP contribution in [0.3, 0.4) is 0 Å². The molecule has 98 valence electrons. The standard InChI is InChI=1S/C14H20N2O2/c1-14(2)7-9(14)8-16-13(17)11-5-4-10(15)6-12(11)18-3/h4-6,9H,7-8,15H2,1-3H3,(H,16,17). The molecule has 1 aliphatic carbocycles. The SMILES string of the molecule is COc1cc(N)ccc1C(=O)NCC1CC1(C)C. The van der Waals surface area contributed by atoms with Crippen LogP contribution in [-0.2, 0) is 0 Å². The molecule has 1 unspecified atom stereocenters. The minimum Gasteiger partial charge on any atom is -0.496 e. The lowest BCUT2D eigenvalue weighted by molar-refractivity contribution is 0.0947. The molecule has 1 atom stereocenters. The number of rotatable bonds is 4. The van der Waals surface area contributed by atoms with Gasteiger partial charge in [0.2, 0.25) is 0 Å². The van der Waals surface area contributed by atoms with Gasteiger partial charge in [-0.3, -0.25) is 4.79 Å². The van der Waals surface area contributed by atoms with Crippen LogP contribution in [0.15, 0.2) is 18.2 Å². The summed E-state index contributed by atoms with van der Waals surface area (Å²) in [7, 11) is 1.54. The molecule has 0 spiro atoms. The van der Waals surface area contributed by atoms with Crippen molar-refractivity contribution in [3.05, 3.63) is 23.8 Å². The molecule has 0 radical (unpaired) electrons. The van der Waals surface area contributed by atoms with Crippen molar-refractivity contribution < 1.29 is 9.53 Å². The van der Waals surface area contributed by atoms with Gasteiger partial charge in [-0.15, -0.1) is 0 Å². The van der Waals surface area contributed by atoms with Gasteiger partial charge < -0.3 is 15.8 Å². The zero-order chi connectivity index (χ0) is 13.3. The summed E-state index contributed by atoms with van der Waals surface area (Å²) in [5.74, 6) is 0.998. The molecule has 1 aliphatic rings. The molecule has 1 aromatic rings. The van der Waals surface area contributed by atoms with E-state index in [4.69, 9.17) is 10.5 Å². The first-order valence-electron chi connectivity index (χ1n) is 6.16. The van der Waals surface area contributed by atoms with E-state index >= 15 is 0 Å². The second kappa shape index (κ2) is 4.52. The summed E-state index contributed by atoms with van der Waals surface area (Å²) in [4.78, 5) is 12.0. The zero-order valence-electron chi connectivity index (χ0n) is 11.1. The summed E-state index contributed by atoms with van der Waals surface area (Å²) in [6.45, 7) is 5.15. The first-order chi connectivity index (χ1) is 8.44. The number of anilines is 1. The van der Waals surface area contributed by atoms with Gasteiger partial charge >= 0.3 is 0 Å². The van der Waals surface area contributed by atoms with Gasteiger partial charge in [-0.05, 0) is 29.9 Å². The van der Waals surface area contributed by atoms with Crippen molar-refractivity contribution in [1.29, 1.82) is 0 Å². The van der Waals surface area contributed by atoms with E-state index in [0.717, 1.165) is 6.54 Å². The lowest BCUT2D eigenvalue weighted by Crippen LogP contribution is -2.27. The van der Waals surface area contributed by atoms with Gasteiger partial charge in [-0.2, -0.15) is 0 Å². The van der Waals surface area contributed by atoms with Crippen molar-refractivity contribution in [2.75, 3.05) is 19.4 Å². The Morgan fingerprint density at radius 2 is 2.22 bits per heavy atom. The molecule has 0 heterocycles. The van der Waals surface area contributed by atoms with Gasteiger partial charge in [-0.1, -0.05) is 13.8 Å². The summed E-state index contributed by atoms with van der Waals surface area (Å²) in [5, 5.41) is 2.95. The molecule has 2 rings (SSSR count). The van der Waals surface area contributed by atoms with E-state index in [1.165, 1.54) is 13.5 Å². The number of carbonyl (C=O) groups excluding carboxylic acids is 1. The van der Waals surface area contributed by atoms with Crippen LogP contribution in [0, 0.1) is 11.3 Å². The van der Waals surface area contributed by atoms with Crippen molar-refractivity contribution >= 4 is 11.6 Å². The number of hydrogen-bond acceptors (Lipinski definition) is 3. The fraction of sp³-hybridized carbons (Fsp3) is 0.500. The van der Waals surface area contributed by atoms with Crippen molar-refractivity contribution in [3.63, 3.8) is 0 Å². The maximum absolute atomic E-state index is 12.0. The Hall–Kier alpha value is -1.71. The molecule has 0 bridgehead atoms. The predicted octanol–water partition coefficient (Wildman–Crippen LogP) is 2.05. The molecule has 3 N–H and O–H groups in total. The number of amides is 1. The number of benzene rings is 1. The Morgan fingerprint density at radius 3 is 2.78 bits per heavy atom. The van der Waals surface area contributed by atoms with Gasteiger partial charge in [0.1, 0.15) is 5.75 Å². The first kappa shape index (κ1) is 12.7. The number of nitrogens with two attached hydrogens (primary N) is 1. The number of carbonyl (C=O) groups is 1. The molecule has 4 heteroatoms. The fourth-order valence-electron chi connectivity index (χ4n) is 2.13. The quantitative estimate of drug-likeness (QED) is 0.802. The third-order valence-electron chi connectivity index (χ3n) is 3.70. The third kappa shape index (κ3) is 2.58. The Morgan fingerprint density at radius 1 is 1.56 bits per heavy atom. The minimum absolute atomic E-state index is 0.102. The van der Waals surface area contributed by atoms with E-state index < -0.39 is 0 Å². The highest BCUT2D eigenvalue weighted by molar-refractivity contribution is 5.97. The lowest BCUT2D eigenvalue weighted by atomic mass is 10.1. The number of ether oxygens (including phenoxy) is 1. The molecular formula is C14H20N2O2. The van der Waals surface area contributed by atoms with Crippen LogP contribution >= 0.6 is 0 Å². The van der Waals surface area contributed by atoms with Gasteiger partial charge in [0.05, 0.1) is 12.7 Å². The van der Waals surface area contributed by atoms with E-state index in [2.05, 4.69) is 19.2 Å². The molecule has 4 nitrogen and oxygen atoms in total. The summed E-state index contributed by atoms with van der Waals surface area (Å²) < 4.78 is 5.17. The fourth-order valence-corrected chi connectivity index (χ4v) is 2.13. The molecule has 1 amide bonds. The minimum atomic E-state index is -0.102. The first-order valence-corrected chi connectivity index (χ1v) is 6.16. The molecule has 18 heavy (non-hydrogen) atoms. The zero-order valence-corrected chi connectivity index (χ0v) is 11.1. The molecule has 1 aromatic carbocycles. The highest BCUT2D eigenvalue weighted by Gasteiger charge is 2.45. The molecule has 1 fully saturated rings. The molecule has 0 saturated heterocycles. The monoisotopic (exact) mass is 248 g/mol. The summed E-state index contributed by atoms with van der Waals surface area (Å²) in [5.41, 5.74) is 7.15. The smallest absolute Gasteiger partial charge is 0.255 e. The van der Waals surface area contributed by atoms with Crippen LogP contribution in [0.1, 0.15) is 30.6 Å². The summed E-state index contributed by atoms with van der Waals surface area (Å²) in [6.07, 6.45) is 1.17. The maximum atomic E-state index is 12.0. The van der Waals surface area contributed by atoms with Crippen molar-refractivity contribution in [1.82, 2.24) is 5.32 Å². The van der Waals surface area contributed by atoms with E-state index in [1.807, 2.05) is 0 Å². The number of nitrogens with one attached hydrogen (secondary N) is 1. The van der Waals surface area contributed by atoms with Crippen LogP contribution < -0.4 is 15.8 Å². The molecule has 1 saturated carbocycles. The van der Waals surface area contributed by atoms with Gasteiger partial charge in [-0.25, -0.2) is 0 Å².